The molecule has 9 heterocycles. The topological polar surface area (TPSA) is 192 Å². The normalized spacial score (nSPS) is 18.9. The zero-order valence-electron chi connectivity index (χ0n) is 68.0. The van der Waals surface area contributed by atoms with Gasteiger partial charge in [0.05, 0.1) is 18.1 Å². The molecular weight excluding hydrogens is 1560 g/mol. The molecule has 0 fully saturated rings. The molecule has 6 bridgehead atoms. The molecule has 6 atom stereocenters. The number of pyridine rings is 3. The van der Waals surface area contributed by atoms with Crippen LogP contribution >= 0.6 is 0 Å². The summed E-state index contributed by atoms with van der Waals surface area (Å²) in [5.74, 6) is -1.99. The predicted octanol–water partition coefficient (Wildman–Crippen LogP) is 16.3. The highest BCUT2D eigenvalue weighted by molar-refractivity contribution is 5.98. The summed E-state index contributed by atoms with van der Waals surface area (Å²) in [6.45, 7) is 7.35. The number of para-hydroxylation sites is 3. The van der Waals surface area contributed by atoms with E-state index in [1.54, 1.807) is 65.5 Å². The van der Waals surface area contributed by atoms with Crippen LogP contribution in [-0.2, 0) is 19.8 Å². The molecule has 6 aliphatic rings. The van der Waals surface area contributed by atoms with Gasteiger partial charge < -0.3 is 43.1 Å². The Balaban J connectivity index is 0.000000137. The van der Waals surface area contributed by atoms with E-state index >= 15 is 13.2 Å². The second-order valence-electron chi connectivity index (χ2n) is 30.1. The Morgan fingerprint density at radius 2 is 0.569 bits per heavy atom. The van der Waals surface area contributed by atoms with Gasteiger partial charge in [0.1, 0.15) is 77.8 Å². The maximum absolute atomic E-state index is 15.3. The van der Waals surface area contributed by atoms with E-state index < -0.39 is 35.6 Å². The van der Waals surface area contributed by atoms with Crippen LogP contribution in [0.4, 0.5) is 13.2 Å². The minimum atomic E-state index is -0.559. The Bertz CT molecular complexity index is 5500. The molecule has 24 heteroatoms. The molecule has 624 valence electrons. The van der Waals surface area contributed by atoms with Crippen LogP contribution < -0.4 is 59.7 Å². The summed E-state index contributed by atoms with van der Waals surface area (Å²) in [5, 5.41) is 5.89. The van der Waals surface area contributed by atoms with E-state index in [-0.39, 0.29) is 163 Å². The smallest absolute Gasteiger partial charge is 0.278 e. The SMILES string of the molecule is CC[C@@H]1/C=C/COc2c(F)cccc2[C@@H](c2ccccc2)N2CN1C(=O)c1c(OCc3ccccc3)c(=O)ccn12.CC[C@H]1/C=C/COc2c(F)cccc2[C@@H](c2ccccc2)N2CN1C(=O)c1c(OCc3ccccc3)c(=O)ccn12.CC[C@H]1/C=C/COc2c(F)cccc2[C@H](c2ccccc2)N2CN1C(=O)c1c(OCc3ccccc3)c(=O)ccn12. The van der Waals surface area contributed by atoms with Crippen LogP contribution in [0, 0.1) is 17.5 Å². The second-order valence-corrected chi connectivity index (χ2v) is 30.1. The lowest BCUT2D eigenvalue weighted by atomic mass is 9.96. The fraction of sp³-hybridized carbons (Fsp3) is 0.212. The average Bonchev–Trinajstić information content (AvgIpc) is 1.37. The van der Waals surface area contributed by atoms with Gasteiger partial charge in [-0.3, -0.25) is 57.8 Å². The van der Waals surface area contributed by atoms with E-state index in [0.29, 0.717) is 36.0 Å². The number of hydrogen-bond donors (Lipinski definition) is 0. The van der Waals surface area contributed by atoms with Gasteiger partial charge in [-0.1, -0.05) is 257 Å². The van der Waals surface area contributed by atoms with Crippen molar-refractivity contribution in [1.29, 1.82) is 0 Å². The molecule has 0 aliphatic carbocycles. The molecule has 21 nitrogen and oxygen atoms in total. The molecule has 3 aromatic heterocycles. The number of fused-ring (bicyclic) bond motifs is 15. The van der Waals surface area contributed by atoms with Crippen LogP contribution in [0.25, 0.3) is 0 Å². The number of hydrogen-bond acceptors (Lipinski definition) is 15. The Kier molecular flexibility index (Phi) is 25.0. The van der Waals surface area contributed by atoms with E-state index in [1.807, 2.05) is 272 Å². The van der Waals surface area contributed by atoms with Gasteiger partial charge in [-0.25, -0.2) is 13.2 Å². The van der Waals surface area contributed by atoms with E-state index in [0.717, 1.165) is 33.4 Å². The molecular formula is C99H90F3N9O12. The molecule has 18 rings (SSSR count). The van der Waals surface area contributed by atoms with Gasteiger partial charge in [0, 0.05) is 53.5 Å². The molecule has 0 saturated heterocycles. The summed E-state index contributed by atoms with van der Waals surface area (Å²) in [6, 6.07) is 73.8. The fourth-order valence-corrected chi connectivity index (χ4v) is 16.6. The molecule has 0 saturated carbocycles. The number of aromatic nitrogens is 3. The molecule has 0 radical (unpaired) electrons. The second kappa shape index (κ2) is 37.4. The molecule has 9 aromatic carbocycles. The molecule has 0 N–H and O–H groups in total. The highest BCUT2D eigenvalue weighted by Crippen LogP contribution is 2.44. The lowest BCUT2D eigenvalue weighted by molar-refractivity contribution is 0.0615. The van der Waals surface area contributed by atoms with Crippen molar-refractivity contribution < 1.29 is 56.0 Å². The minimum Gasteiger partial charge on any atom is -0.486 e. The Labute approximate surface area is 709 Å². The van der Waals surface area contributed by atoms with Crippen molar-refractivity contribution in [2.75, 3.05) is 54.9 Å². The van der Waals surface area contributed by atoms with Gasteiger partial charge in [-0.2, -0.15) is 0 Å². The third kappa shape index (κ3) is 17.1. The van der Waals surface area contributed by atoms with Crippen molar-refractivity contribution in [2.24, 2.45) is 0 Å². The van der Waals surface area contributed by atoms with E-state index in [4.69, 9.17) is 28.4 Å². The lowest BCUT2D eigenvalue weighted by Gasteiger charge is -2.46. The van der Waals surface area contributed by atoms with Gasteiger partial charge in [0.2, 0.25) is 16.3 Å². The summed E-state index contributed by atoms with van der Waals surface area (Å²) in [4.78, 5) is 87.6. The Morgan fingerprint density at radius 1 is 0.317 bits per heavy atom. The van der Waals surface area contributed by atoms with Crippen molar-refractivity contribution >= 4 is 17.7 Å². The zero-order chi connectivity index (χ0) is 85.0. The van der Waals surface area contributed by atoms with Crippen LogP contribution in [0.2, 0.25) is 0 Å². The third-order valence-corrected chi connectivity index (χ3v) is 22.5. The van der Waals surface area contributed by atoms with E-state index in [2.05, 4.69) is 0 Å². The monoisotopic (exact) mass is 1650 g/mol. The molecule has 123 heavy (non-hydrogen) atoms. The first-order valence-corrected chi connectivity index (χ1v) is 41.1. The average molecular weight is 1650 g/mol. The van der Waals surface area contributed by atoms with E-state index in [9.17, 15) is 28.8 Å². The minimum absolute atomic E-state index is 0.0210. The largest absolute Gasteiger partial charge is 0.486 e. The number of benzene rings is 9. The van der Waals surface area contributed by atoms with Crippen LogP contribution in [0.15, 0.2) is 324 Å². The first-order valence-electron chi connectivity index (χ1n) is 41.1. The highest BCUT2D eigenvalue weighted by atomic mass is 19.1. The molecule has 12 aromatic rings. The summed E-state index contributed by atoms with van der Waals surface area (Å²) >= 11 is 0. The maximum Gasteiger partial charge on any atom is 0.278 e. The molecule has 6 aliphatic heterocycles. The zero-order valence-corrected chi connectivity index (χ0v) is 68.0. The van der Waals surface area contributed by atoms with Crippen LogP contribution in [0.3, 0.4) is 0 Å². The van der Waals surface area contributed by atoms with Crippen molar-refractivity contribution in [1.82, 2.24) is 28.7 Å². The lowest BCUT2D eigenvalue weighted by Crippen LogP contribution is -2.58. The summed E-state index contributed by atoms with van der Waals surface area (Å²) in [6.07, 6.45) is 17.8. The first-order chi connectivity index (χ1) is 60.2. The Morgan fingerprint density at radius 3 is 0.821 bits per heavy atom. The summed E-state index contributed by atoms with van der Waals surface area (Å²) in [5.41, 5.74) is 6.25. The molecule has 0 unspecified atom stereocenters. The number of ether oxygens (including phenoxy) is 6. The van der Waals surface area contributed by atoms with Crippen molar-refractivity contribution in [3.8, 4) is 34.5 Å². The molecule has 0 spiro atoms. The van der Waals surface area contributed by atoms with Gasteiger partial charge >= 0.3 is 0 Å². The standard InChI is InChI=1S/3C33H30FN3O4/c3*1-2-25-15-10-20-40-31-26(16-9-17-27(31)34)29(24-13-7-4-8-14-24)37-22-35(25)33(39)30-32(28(38)18-19-36(30)37)41-21-23-11-5-3-6-12-23/h3*3-19,25,29H,2,20-22H2,1H3/b3*15-10+/t25-,29+;2*25-,29-/m010/s1. The van der Waals surface area contributed by atoms with Gasteiger partial charge in [0.25, 0.3) is 17.7 Å². The third-order valence-electron chi connectivity index (χ3n) is 22.5. The number of rotatable bonds is 15. The highest BCUT2D eigenvalue weighted by Gasteiger charge is 2.45. The van der Waals surface area contributed by atoms with Gasteiger partial charge in [-0.15, -0.1) is 0 Å². The summed E-state index contributed by atoms with van der Waals surface area (Å²) in [7, 11) is 0. The number of carbonyl (C=O) groups is 3. The Hall–Kier alpha value is -14.6. The van der Waals surface area contributed by atoms with Gasteiger partial charge in [-0.05, 0) is 89.1 Å². The number of halogens is 3. The van der Waals surface area contributed by atoms with Crippen molar-refractivity contribution in [3.63, 3.8) is 0 Å². The van der Waals surface area contributed by atoms with Crippen LogP contribution in [0.5, 0.6) is 34.5 Å². The van der Waals surface area contributed by atoms with Crippen LogP contribution in [-0.4, -0.2) is 104 Å². The number of nitrogens with zero attached hydrogens (tertiary/aromatic N) is 9. The maximum atomic E-state index is 15.3. The van der Waals surface area contributed by atoms with Crippen molar-refractivity contribution in [2.45, 2.75) is 96.1 Å². The fourth-order valence-electron chi connectivity index (χ4n) is 16.6. The van der Waals surface area contributed by atoms with E-state index in [1.165, 1.54) is 36.4 Å². The number of amides is 3. The number of carbonyl (C=O) groups excluding carboxylic acids is 3. The summed E-state index contributed by atoms with van der Waals surface area (Å²) < 4.78 is 87.3. The first kappa shape index (κ1) is 82.2. The van der Waals surface area contributed by atoms with Crippen LogP contribution in [0.1, 0.15) is 140 Å². The van der Waals surface area contributed by atoms with Crippen molar-refractivity contribution in [3.05, 3.63) is 425 Å². The molecule has 3 amide bonds. The quantitative estimate of drug-likeness (QED) is 0.0880. The predicted molar refractivity (Wildman–Crippen MR) is 462 cm³/mol. The van der Waals surface area contributed by atoms with Gasteiger partial charge in [0.15, 0.2) is 69.0 Å².